The van der Waals surface area contributed by atoms with E-state index in [4.69, 9.17) is 0 Å². The first kappa shape index (κ1) is 16.4. The van der Waals surface area contributed by atoms with Crippen LogP contribution in [0.25, 0.3) is 0 Å². The van der Waals surface area contributed by atoms with Gasteiger partial charge in [0, 0.05) is 51.2 Å². The van der Waals surface area contributed by atoms with Gasteiger partial charge in [0.2, 0.25) is 11.8 Å². The van der Waals surface area contributed by atoms with Gasteiger partial charge in [0.15, 0.2) is 0 Å². The zero-order valence-electron chi connectivity index (χ0n) is 15.0. The second kappa shape index (κ2) is 6.44. The Morgan fingerprint density at radius 1 is 1.12 bits per heavy atom. The highest BCUT2D eigenvalue weighted by Crippen LogP contribution is 2.32. The van der Waals surface area contributed by atoms with Gasteiger partial charge in [-0.2, -0.15) is 0 Å². The SMILES string of the molecule is O=C1CCC(N2Cc3cccc(CN4CC5CCC4CN5)c3C2)C(=O)N1. The minimum absolute atomic E-state index is 0.130. The van der Waals surface area contributed by atoms with Crippen molar-refractivity contribution in [1.82, 2.24) is 20.4 Å². The smallest absolute Gasteiger partial charge is 0.243 e. The number of piperazine rings is 1. The molecule has 0 saturated carbocycles. The lowest BCUT2D eigenvalue weighted by atomic mass is 9.92. The van der Waals surface area contributed by atoms with Crippen LogP contribution in [0.2, 0.25) is 0 Å². The van der Waals surface area contributed by atoms with Crippen LogP contribution in [0.1, 0.15) is 42.4 Å². The molecule has 5 aliphatic rings. The number of carbonyl (C=O) groups excluding carboxylic acids is 2. The molecule has 26 heavy (non-hydrogen) atoms. The zero-order chi connectivity index (χ0) is 17.7. The molecule has 138 valence electrons. The van der Waals surface area contributed by atoms with Crippen LogP contribution in [0.5, 0.6) is 0 Å². The Morgan fingerprint density at radius 3 is 2.77 bits per heavy atom. The molecule has 5 aliphatic heterocycles. The Hall–Kier alpha value is -1.76. The van der Waals surface area contributed by atoms with Crippen molar-refractivity contribution < 1.29 is 9.59 Å². The molecule has 0 radical (unpaired) electrons. The Balaban J connectivity index is 1.32. The van der Waals surface area contributed by atoms with E-state index in [2.05, 4.69) is 38.6 Å². The number of hydrogen-bond acceptors (Lipinski definition) is 5. The Kier molecular flexibility index (Phi) is 4.07. The van der Waals surface area contributed by atoms with Crippen LogP contribution < -0.4 is 10.6 Å². The molecule has 0 aliphatic carbocycles. The highest BCUT2D eigenvalue weighted by Gasteiger charge is 2.37. The number of nitrogens with zero attached hydrogens (tertiary/aromatic N) is 2. The molecule has 6 heteroatoms. The molecule has 1 aromatic rings. The van der Waals surface area contributed by atoms with Gasteiger partial charge in [-0.25, -0.2) is 0 Å². The molecule has 2 N–H and O–H groups in total. The first-order chi connectivity index (χ1) is 12.7. The van der Waals surface area contributed by atoms with Crippen LogP contribution in [0, 0.1) is 0 Å². The molecule has 0 aromatic heterocycles. The number of imide groups is 1. The molecule has 4 saturated heterocycles. The van der Waals surface area contributed by atoms with Crippen molar-refractivity contribution in [3.05, 3.63) is 34.9 Å². The molecular weight excluding hydrogens is 328 g/mol. The van der Waals surface area contributed by atoms with Crippen molar-refractivity contribution >= 4 is 11.8 Å². The zero-order valence-corrected chi connectivity index (χ0v) is 15.0. The van der Waals surface area contributed by atoms with Gasteiger partial charge in [-0.1, -0.05) is 18.2 Å². The average molecular weight is 354 g/mol. The minimum atomic E-state index is -0.178. The van der Waals surface area contributed by atoms with Gasteiger partial charge in [-0.05, 0) is 36.0 Å². The molecule has 5 heterocycles. The summed E-state index contributed by atoms with van der Waals surface area (Å²) in [5.41, 5.74) is 4.14. The lowest BCUT2D eigenvalue weighted by Crippen LogP contribution is -2.60. The molecular formula is C20H26N4O2. The molecule has 6 rings (SSSR count). The van der Waals surface area contributed by atoms with Crippen molar-refractivity contribution in [2.75, 3.05) is 13.1 Å². The molecule has 2 bridgehead atoms. The molecule has 3 atom stereocenters. The summed E-state index contributed by atoms with van der Waals surface area (Å²) >= 11 is 0. The van der Waals surface area contributed by atoms with Gasteiger partial charge in [-0.3, -0.25) is 24.7 Å². The normalized spacial score (nSPS) is 31.9. The van der Waals surface area contributed by atoms with E-state index in [9.17, 15) is 9.59 Å². The second-order valence-electron chi connectivity index (χ2n) is 8.19. The molecule has 3 unspecified atom stereocenters. The number of rotatable bonds is 3. The highest BCUT2D eigenvalue weighted by atomic mass is 16.2. The van der Waals surface area contributed by atoms with Crippen LogP contribution in [-0.2, 0) is 29.2 Å². The Labute approximate surface area is 153 Å². The Morgan fingerprint density at radius 2 is 2.04 bits per heavy atom. The number of amides is 2. The van der Waals surface area contributed by atoms with Crippen LogP contribution in [-0.4, -0.2) is 52.8 Å². The lowest BCUT2D eigenvalue weighted by molar-refractivity contribution is -0.137. The molecule has 0 spiro atoms. The maximum absolute atomic E-state index is 12.2. The largest absolute Gasteiger partial charge is 0.311 e. The summed E-state index contributed by atoms with van der Waals surface area (Å²) < 4.78 is 0. The highest BCUT2D eigenvalue weighted by molar-refractivity contribution is 6.00. The number of piperidine rings is 3. The van der Waals surface area contributed by atoms with E-state index < -0.39 is 0 Å². The van der Waals surface area contributed by atoms with E-state index in [1.807, 2.05) is 0 Å². The van der Waals surface area contributed by atoms with Gasteiger partial charge in [-0.15, -0.1) is 0 Å². The van der Waals surface area contributed by atoms with Crippen molar-refractivity contribution in [2.45, 2.75) is 63.4 Å². The molecule has 4 fully saturated rings. The molecule has 1 aromatic carbocycles. The fraction of sp³-hybridized carbons (Fsp3) is 0.600. The number of carbonyl (C=O) groups is 2. The van der Waals surface area contributed by atoms with Gasteiger partial charge < -0.3 is 5.32 Å². The van der Waals surface area contributed by atoms with E-state index in [0.29, 0.717) is 24.9 Å². The van der Waals surface area contributed by atoms with E-state index in [1.54, 1.807) is 0 Å². The fourth-order valence-corrected chi connectivity index (χ4v) is 5.13. The quantitative estimate of drug-likeness (QED) is 0.784. The standard InChI is InChI=1S/C20H26N4O2/c25-19-7-6-18(20(26)22-19)24-10-14-3-1-2-13(17(14)12-24)9-23-11-15-4-5-16(23)8-21-15/h1-3,15-16,18,21H,4-12H2,(H,22,25,26). The van der Waals surface area contributed by atoms with Gasteiger partial charge >= 0.3 is 0 Å². The fourth-order valence-electron chi connectivity index (χ4n) is 5.13. The monoisotopic (exact) mass is 354 g/mol. The predicted molar refractivity (Wildman–Crippen MR) is 97.1 cm³/mol. The van der Waals surface area contributed by atoms with E-state index in [0.717, 1.165) is 32.7 Å². The summed E-state index contributed by atoms with van der Waals surface area (Å²) in [7, 11) is 0. The summed E-state index contributed by atoms with van der Waals surface area (Å²) in [6, 6.07) is 7.73. The first-order valence-corrected chi connectivity index (χ1v) is 9.82. The van der Waals surface area contributed by atoms with Crippen LogP contribution in [0.15, 0.2) is 18.2 Å². The number of nitrogens with one attached hydrogen (secondary N) is 2. The summed E-state index contributed by atoms with van der Waals surface area (Å²) in [4.78, 5) is 28.5. The average Bonchev–Trinajstić information content (AvgIpc) is 3.08. The predicted octanol–water partition coefficient (Wildman–Crippen LogP) is 0.744. The summed E-state index contributed by atoms with van der Waals surface area (Å²) in [5.74, 6) is -0.271. The van der Waals surface area contributed by atoms with Crippen molar-refractivity contribution in [3.63, 3.8) is 0 Å². The molecule has 2 amide bonds. The van der Waals surface area contributed by atoms with Crippen molar-refractivity contribution in [2.24, 2.45) is 0 Å². The Bertz CT molecular complexity index is 741. The second-order valence-corrected chi connectivity index (χ2v) is 8.19. The van der Waals surface area contributed by atoms with Crippen LogP contribution in [0.3, 0.4) is 0 Å². The third-order valence-corrected chi connectivity index (χ3v) is 6.59. The van der Waals surface area contributed by atoms with Crippen molar-refractivity contribution in [1.29, 1.82) is 0 Å². The van der Waals surface area contributed by atoms with Crippen LogP contribution >= 0.6 is 0 Å². The number of fused-ring (bicyclic) bond motifs is 4. The van der Waals surface area contributed by atoms with E-state index in [1.165, 1.54) is 29.5 Å². The van der Waals surface area contributed by atoms with Gasteiger partial charge in [0.25, 0.3) is 0 Å². The maximum atomic E-state index is 12.2. The molecule has 6 nitrogen and oxygen atoms in total. The lowest BCUT2D eigenvalue weighted by Gasteiger charge is -2.46. The number of hydrogen-bond donors (Lipinski definition) is 2. The maximum Gasteiger partial charge on any atom is 0.243 e. The van der Waals surface area contributed by atoms with Crippen molar-refractivity contribution in [3.8, 4) is 0 Å². The summed E-state index contributed by atoms with van der Waals surface area (Å²) in [6.45, 7) is 4.89. The number of benzene rings is 1. The van der Waals surface area contributed by atoms with E-state index >= 15 is 0 Å². The summed E-state index contributed by atoms with van der Waals surface area (Å²) in [6.07, 6.45) is 3.68. The minimum Gasteiger partial charge on any atom is -0.311 e. The summed E-state index contributed by atoms with van der Waals surface area (Å²) in [5, 5.41) is 6.12. The van der Waals surface area contributed by atoms with Gasteiger partial charge in [0.1, 0.15) is 0 Å². The third-order valence-electron chi connectivity index (χ3n) is 6.59. The first-order valence-electron chi connectivity index (χ1n) is 9.82. The van der Waals surface area contributed by atoms with E-state index in [-0.39, 0.29) is 17.9 Å². The van der Waals surface area contributed by atoms with Gasteiger partial charge in [0.05, 0.1) is 6.04 Å². The van der Waals surface area contributed by atoms with Crippen LogP contribution in [0.4, 0.5) is 0 Å². The topological polar surface area (TPSA) is 64.7 Å². The third kappa shape index (κ3) is 2.86.